The summed E-state index contributed by atoms with van der Waals surface area (Å²) in [5, 5.41) is 0. The number of nitrogens with two attached hydrogens (primary N) is 2. The Kier molecular flexibility index (Phi) is 12.4. The fourth-order valence-corrected chi connectivity index (χ4v) is 0. The van der Waals surface area contributed by atoms with Gasteiger partial charge in [0.2, 0.25) is 0 Å². The van der Waals surface area contributed by atoms with Gasteiger partial charge in [-0.1, -0.05) is 0 Å². The van der Waals surface area contributed by atoms with Crippen molar-refractivity contribution in [1.82, 2.24) is 0 Å². The predicted octanol–water partition coefficient (Wildman–Crippen LogP) is 2.80. The molecule has 7 heavy (non-hydrogen) atoms. The Balaban J connectivity index is -0.0000000800. The van der Waals surface area contributed by atoms with Crippen LogP contribution in [0.25, 0.3) is 12.3 Å². The summed E-state index contributed by atoms with van der Waals surface area (Å²) >= 11 is 2.85. The summed E-state index contributed by atoms with van der Waals surface area (Å²) in [7, 11) is 0. The molecule has 4 heteroatoms. The first-order valence-electron chi connectivity index (χ1n) is 1.64. The zero-order valence-electron chi connectivity index (χ0n) is 4.94. The van der Waals surface area contributed by atoms with Crippen LogP contribution in [0.15, 0.2) is 0 Å². The van der Waals surface area contributed by atoms with E-state index in [2.05, 4.69) is 54.0 Å². The van der Waals surface area contributed by atoms with Crippen molar-refractivity contribution >= 4 is 3.29 Å². The summed E-state index contributed by atoms with van der Waals surface area (Å²) in [6.45, 7) is 6.87. The first kappa shape index (κ1) is 15.8. The Labute approximate surface area is 68.9 Å². The summed E-state index contributed by atoms with van der Waals surface area (Å²) in [5.74, 6) is 0. The maximum atomic E-state index is 2.85. The third-order valence-corrected chi connectivity index (χ3v) is 0. The summed E-state index contributed by atoms with van der Waals surface area (Å²) in [5.41, 5.74) is 0. The topological polar surface area (TPSA) is 67.0 Å². The van der Waals surface area contributed by atoms with Crippen LogP contribution in [0, 0.1) is 34.3 Å². The molecule has 0 saturated carbocycles. The monoisotopic (exact) mass is 271 g/mol. The van der Waals surface area contributed by atoms with Gasteiger partial charge >= 0.3 is 57.3 Å². The van der Waals surface area contributed by atoms with E-state index < -0.39 is 3.29 Å². The molecule has 0 atom stereocenters. The molecule has 0 amide bonds. The van der Waals surface area contributed by atoms with E-state index in [0.29, 0.717) is 0 Å². The van der Waals surface area contributed by atoms with Crippen molar-refractivity contribution in [3.8, 4) is 0 Å². The molecule has 0 aliphatic rings. The van der Waals surface area contributed by atoms with Gasteiger partial charge in [0.1, 0.15) is 0 Å². The predicted molar refractivity (Wildman–Crippen MR) is 33.9 cm³/mol. The van der Waals surface area contributed by atoms with Crippen molar-refractivity contribution in [2.45, 2.75) is 19.6 Å². The Morgan fingerprint density at radius 1 is 1.00 bits per heavy atom. The third-order valence-electron chi connectivity index (χ3n) is 0. The van der Waals surface area contributed by atoms with E-state index in [9.17, 15) is 0 Å². The molecule has 0 aliphatic carbocycles. The van der Waals surface area contributed by atoms with E-state index in [-0.39, 0.29) is 12.3 Å². The second-order valence-electron chi connectivity index (χ2n) is 1.93. The van der Waals surface area contributed by atoms with Crippen LogP contribution in [0.3, 0.4) is 0 Å². The Hall–Kier alpha value is 1.38. The molecular formula is C3H13ErN2Si. The van der Waals surface area contributed by atoms with E-state index in [1.807, 2.05) is 0 Å². The fourth-order valence-electron chi connectivity index (χ4n) is 0. The van der Waals surface area contributed by atoms with Crippen molar-refractivity contribution in [3.63, 3.8) is 0 Å². The van der Waals surface area contributed by atoms with Gasteiger partial charge < -0.3 is 12.3 Å². The van der Waals surface area contributed by atoms with Crippen LogP contribution in [0.1, 0.15) is 0 Å². The van der Waals surface area contributed by atoms with Gasteiger partial charge in [0, 0.05) is 0 Å². The minimum atomic E-state index is -0.694. The molecule has 0 rings (SSSR count). The molecule has 0 aromatic carbocycles. The van der Waals surface area contributed by atoms with E-state index in [1.165, 1.54) is 0 Å². The van der Waals surface area contributed by atoms with Crippen LogP contribution in [-0.4, -0.2) is 3.29 Å². The van der Waals surface area contributed by atoms with Gasteiger partial charge in [-0.3, -0.25) is 0 Å². The summed E-state index contributed by atoms with van der Waals surface area (Å²) in [6.07, 6.45) is 0. The molecule has 0 heterocycles. The van der Waals surface area contributed by atoms with Crippen LogP contribution >= 0.6 is 0 Å². The summed E-state index contributed by atoms with van der Waals surface area (Å²) < 4.78 is -0.694. The van der Waals surface area contributed by atoms with Crippen LogP contribution in [-0.2, 0) is 0 Å². The molecule has 2 nitrogen and oxygen atoms in total. The number of hydrogen-bond acceptors (Lipinski definition) is 0. The quantitative estimate of drug-likeness (QED) is 0.609. The maximum Gasteiger partial charge on any atom is -0.693 e. The largest absolute Gasteiger partial charge is 0.693 e. The zero-order chi connectivity index (χ0) is 4.50. The zero-order valence-corrected chi connectivity index (χ0v) is 7.80. The second-order valence-corrected chi connectivity index (χ2v) is 14.1. The average Bonchev–Trinajstić information content (AvgIpc) is 0.722. The van der Waals surface area contributed by atoms with Gasteiger partial charge in [-0.05, 0) is 0 Å². The molecule has 0 unspecified atom stereocenters. The molecule has 51 valence electrons. The van der Waals surface area contributed by atoms with Crippen molar-refractivity contribution in [3.05, 3.63) is 12.3 Å². The third kappa shape index (κ3) is 112. The van der Waals surface area contributed by atoms with Crippen molar-refractivity contribution in [1.29, 1.82) is 0 Å². The summed E-state index contributed by atoms with van der Waals surface area (Å²) in [4.78, 5) is 0. The number of rotatable bonds is 0. The Morgan fingerprint density at radius 3 is 1.00 bits per heavy atom. The molecular weight excluding hydrogens is 259 g/mol. The molecule has 0 aliphatic heterocycles. The molecule has 0 saturated heterocycles. The van der Waals surface area contributed by atoms with E-state index in [1.54, 1.807) is 0 Å². The standard InChI is InChI=1S/C3H9Si.Er.2H2N/c1-4(2)3;;;/h1-3H3;;2*1H2/q;+2;2*-1. The van der Waals surface area contributed by atoms with Gasteiger partial charge in [0.15, 0.2) is 0 Å². The molecule has 0 radical (unpaired) electrons. The molecule has 0 spiro atoms. The van der Waals surface area contributed by atoms with Gasteiger partial charge in [-0.25, -0.2) is 0 Å². The van der Waals surface area contributed by atoms with Crippen LogP contribution in [0.4, 0.5) is 0 Å². The maximum absolute atomic E-state index is 2.85. The second kappa shape index (κ2) is 5.52. The first-order chi connectivity index (χ1) is 2.00. The molecule has 0 bridgehead atoms. The molecule has 0 fully saturated rings. The Morgan fingerprint density at radius 2 is 1.00 bits per heavy atom. The van der Waals surface area contributed by atoms with Gasteiger partial charge in [-0.2, -0.15) is 0 Å². The summed E-state index contributed by atoms with van der Waals surface area (Å²) in [6, 6.07) is 0. The first-order valence-corrected chi connectivity index (χ1v) is 7.71. The molecule has 0 aromatic rings. The van der Waals surface area contributed by atoms with Crippen molar-refractivity contribution in [2.24, 2.45) is 0 Å². The van der Waals surface area contributed by atoms with Crippen LogP contribution in [0.2, 0.25) is 19.6 Å². The Bertz CT molecular complexity index is 28.4. The van der Waals surface area contributed by atoms with E-state index in [4.69, 9.17) is 0 Å². The van der Waals surface area contributed by atoms with Gasteiger partial charge in [0.05, 0.1) is 0 Å². The van der Waals surface area contributed by atoms with Gasteiger partial charge in [0.25, 0.3) is 0 Å². The smallest absolute Gasteiger partial charge is 0.693 e. The average molecular weight is 272 g/mol. The molecule has 0 aromatic heterocycles. The van der Waals surface area contributed by atoms with Crippen LogP contribution < -0.4 is 0 Å². The fraction of sp³-hybridized carbons (Fsp3) is 1.00. The van der Waals surface area contributed by atoms with E-state index in [0.717, 1.165) is 0 Å². The van der Waals surface area contributed by atoms with Crippen LogP contribution in [0.5, 0.6) is 0 Å². The minimum Gasteiger partial charge on any atom is -0.693 e. The van der Waals surface area contributed by atoms with Crippen molar-refractivity contribution < 1.29 is 34.3 Å². The van der Waals surface area contributed by atoms with E-state index >= 15 is 0 Å². The minimum absolute atomic E-state index is 0. The van der Waals surface area contributed by atoms with Gasteiger partial charge in [-0.15, -0.1) is 0 Å². The molecule has 4 N–H and O–H groups in total. The number of hydrogen-bond donors (Lipinski definition) is 0. The van der Waals surface area contributed by atoms with Crippen molar-refractivity contribution in [2.75, 3.05) is 0 Å². The normalized spacial score (nSPS) is 8.71. The SMILES string of the molecule is C[Si](C)(C)[Er+2].[NH2-].[NH2-].